The van der Waals surface area contributed by atoms with Crippen molar-refractivity contribution in [1.82, 2.24) is 0 Å². The Labute approximate surface area is 134 Å². The van der Waals surface area contributed by atoms with E-state index in [4.69, 9.17) is 39.1 Å². The van der Waals surface area contributed by atoms with Crippen LogP contribution < -0.4 is 5.73 Å². The van der Waals surface area contributed by atoms with E-state index in [1.54, 1.807) is 13.8 Å². The Hall–Kier alpha value is -0.490. The summed E-state index contributed by atoms with van der Waals surface area (Å²) in [7, 11) is 0. The molecule has 0 saturated heterocycles. The molecule has 0 heterocycles. The molecule has 0 amide bonds. The monoisotopic (exact) mass is 347 g/mol. The van der Waals surface area contributed by atoms with Crippen LogP contribution in [0.2, 0.25) is 0 Å². The first kappa shape index (κ1) is 21.8. The summed E-state index contributed by atoms with van der Waals surface area (Å²) in [5.74, 6) is -2.76. The number of hydrogen-bond donors (Lipinski definition) is 3. The highest BCUT2D eigenvalue weighted by molar-refractivity contribution is 6.39. The van der Waals surface area contributed by atoms with Crippen LogP contribution >= 0.6 is 35.6 Å². The van der Waals surface area contributed by atoms with Crippen molar-refractivity contribution < 1.29 is 19.8 Å². The van der Waals surface area contributed by atoms with Crippen LogP contribution in [-0.2, 0) is 9.59 Å². The van der Waals surface area contributed by atoms with E-state index in [1.807, 2.05) is 0 Å². The summed E-state index contributed by atoms with van der Waals surface area (Å²) in [6, 6.07) is 0. The number of hydrogen-bond acceptors (Lipinski definition) is 3. The predicted octanol–water partition coefficient (Wildman–Crippen LogP) is 3.18. The van der Waals surface area contributed by atoms with Gasteiger partial charge in [-0.25, -0.2) is 0 Å². The predicted molar refractivity (Wildman–Crippen MR) is 81.5 cm³/mol. The van der Waals surface area contributed by atoms with Gasteiger partial charge in [0.25, 0.3) is 0 Å². The quantitative estimate of drug-likeness (QED) is 0.625. The zero-order chi connectivity index (χ0) is 15.2. The van der Waals surface area contributed by atoms with Gasteiger partial charge >= 0.3 is 11.9 Å². The molecule has 0 aliphatic rings. The fourth-order valence-electron chi connectivity index (χ4n) is 1.46. The van der Waals surface area contributed by atoms with E-state index in [1.165, 1.54) is 0 Å². The Morgan fingerprint density at radius 3 is 2.00 bits per heavy atom. The third-order valence-corrected chi connectivity index (χ3v) is 3.93. The second-order valence-electron chi connectivity index (χ2n) is 4.45. The number of halogens is 3. The molecule has 0 rings (SSSR count). The normalized spacial score (nSPS) is 16.4. The summed E-state index contributed by atoms with van der Waals surface area (Å²) in [6.07, 6.45) is 0.565. The van der Waals surface area contributed by atoms with Gasteiger partial charge in [0, 0.05) is 16.5 Å². The SMILES string of the molecule is CCC(CC(Cl)=C(Cl)CC(N)(CC)C(=O)O)C(=O)O.Cl. The van der Waals surface area contributed by atoms with E-state index in [9.17, 15) is 9.59 Å². The van der Waals surface area contributed by atoms with Crippen molar-refractivity contribution in [2.24, 2.45) is 11.7 Å². The van der Waals surface area contributed by atoms with E-state index in [-0.39, 0.29) is 41.7 Å². The van der Waals surface area contributed by atoms with Gasteiger partial charge in [0.1, 0.15) is 5.54 Å². The lowest BCUT2D eigenvalue weighted by Crippen LogP contribution is -2.47. The summed E-state index contributed by atoms with van der Waals surface area (Å²) >= 11 is 11.9. The minimum Gasteiger partial charge on any atom is -0.481 e. The number of carboxylic acid groups (broad SMARTS) is 2. The molecule has 8 heteroatoms. The number of carbonyl (C=O) groups is 2. The lowest BCUT2D eigenvalue weighted by atomic mass is 9.92. The van der Waals surface area contributed by atoms with Crippen LogP contribution in [0.25, 0.3) is 0 Å². The number of carboxylic acids is 2. The molecule has 2 atom stereocenters. The van der Waals surface area contributed by atoms with Crippen LogP contribution in [0, 0.1) is 5.92 Å². The van der Waals surface area contributed by atoms with Crippen LogP contribution in [0.5, 0.6) is 0 Å². The summed E-state index contributed by atoms with van der Waals surface area (Å²) in [5, 5.41) is 18.2. The van der Waals surface area contributed by atoms with Crippen LogP contribution in [0.15, 0.2) is 10.1 Å². The summed E-state index contributed by atoms with van der Waals surface area (Å²) in [6.45, 7) is 3.37. The topological polar surface area (TPSA) is 101 Å². The largest absolute Gasteiger partial charge is 0.481 e. The molecule has 0 bridgehead atoms. The number of rotatable bonds is 8. The maximum atomic E-state index is 11.1. The average molecular weight is 349 g/mol. The highest BCUT2D eigenvalue weighted by Crippen LogP contribution is 2.30. The van der Waals surface area contributed by atoms with Crippen molar-refractivity contribution in [2.45, 2.75) is 45.1 Å². The van der Waals surface area contributed by atoms with E-state index in [0.29, 0.717) is 6.42 Å². The zero-order valence-corrected chi connectivity index (χ0v) is 13.7. The van der Waals surface area contributed by atoms with Crippen LogP contribution in [0.1, 0.15) is 39.5 Å². The molecule has 0 aromatic rings. The molecule has 0 aliphatic carbocycles. The molecule has 20 heavy (non-hydrogen) atoms. The summed E-state index contributed by atoms with van der Waals surface area (Å²) in [5.41, 5.74) is 4.22. The van der Waals surface area contributed by atoms with Crippen LogP contribution in [0.3, 0.4) is 0 Å². The number of allylic oxidation sites excluding steroid dienone is 1. The lowest BCUT2D eigenvalue weighted by Gasteiger charge is -2.23. The molecule has 0 aliphatic heterocycles. The van der Waals surface area contributed by atoms with Gasteiger partial charge in [0.05, 0.1) is 5.92 Å². The van der Waals surface area contributed by atoms with E-state index in [2.05, 4.69) is 0 Å². The van der Waals surface area contributed by atoms with Crippen LogP contribution in [-0.4, -0.2) is 27.7 Å². The Bertz CT molecular complexity index is 387. The molecule has 0 spiro atoms. The molecule has 0 radical (unpaired) electrons. The second-order valence-corrected chi connectivity index (χ2v) is 5.36. The Morgan fingerprint density at radius 1 is 1.20 bits per heavy atom. The first-order valence-electron chi connectivity index (χ1n) is 5.96. The molecule has 118 valence electrons. The highest BCUT2D eigenvalue weighted by atomic mass is 35.5. The van der Waals surface area contributed by atoms with Crippen molar-refractivity contribution in [2.75, 3.05) is 0 Å². The standard InChI is InChI=1S/C12H19Cl2NO4.ClH/c1-3-7(10(16)17)5-8(13)9(14)6-12(15,4-2)11(18)19;/h7H,3-6,15H2,1-2H3,(H,16,17)(H,18,19);1H. The molecule has 5 nitrogen and oxygen atoms in total. The second kappa shape index (κ2) is 9.45. The Balaban J connectivity index is 0. The fourth-order valence-corrected chi connectivity index (χ4v) is 2.03. The van der Waals surface area contributed by atoms with E-state index >= 15 is 0 Å². The third kappa shape index (κ3) is 6.31. The molecule has 2 unspecified atom stereocenters. The van der Waals surface area contributed by atoms with Gasteiger partial charge < -0.3 is 15.9 Å². The van der Waals surface area contributed by atoms with Crippen molar-refractivity contribution in [3.05, 3.63) is 10.1 Å². The van der Waals surface area contributed by atoms with Crippen molar-refractivity contribution >= 4 is 47.5 Å². The summed E-state index contributed by atoms with van der Waals surface area (Å²) < 4.78 is 0. The molecule has 0 saturated carbocycles. The Kier molecular flexibility index (Phi) is 10.3. The van der Waals surface area contributed by atoms with Gasteiger partial charge in [-0.2, -0.15) is 0 Å². The molecular weight excluding hydrogens is 328 g/mol. The lowest BCUT2D eigenvalue weighted by molar-refractivity contribution is -0.143. The van der Waals surface area contributed by atoms with Gasteiger partial charge in [-0.1, -0.05) is 37.0 Å². The molecule has 0 aromatic carbocycles. The van der Waals surface area contributed by atoms with E-state index in [0.717, 1.165) is 0 Å². The number of nitrogens with two attached hydrogens (primary N) is 1. The minimum absolute atomic E-state index is 0. The average Bonchev–Trinajstić information content (AvgIpc) is 2.34. The Morgan fingerprint density at radius 2 is 1.70 bits per heavy atom. The van der Waals surface area contributed by atoms with E-state index < -0.39 is 23.4 Å². The van der Waals surface area contributed by atoms with Crippen molar-refractivity contribution in [3.63, 3.8) is 0 Å². The van der Waals surface area contributed by atoms with Gasteiger partial charge in [-0.05, 0) is 19.3 Å². The fraction of sp³-hybridized carbons (Fsp3) is 0.667. The zero-order valence-electron chi connectivity index (χ0n) is 11.4. The molecular formula is C12H20Cl3NO4. The minimum atomic E-state index is -1.48. The highest BCUT2D eigenvalue weighted by Gasteiger charge is 2.33. The van der Waals surface area contributed by atoms with Crippen LogP contribution in [0.4, 0.5) is 0 Å². The summed E-state index contributed by atoms with van der Waals surface area (Å²) in [4.78, 5) is 21.9. The first-order chi connectivity index (χ1) is 8.67. The molecule has 0 aromatic heterocycles. The van der Waals surface area contributed by atoms with Gasteiger partial charge in [-0.3, -0.25) is 9.59 Å². The third-order valence-electron chi connectivity index (χ3n) is 3.09. The first-order valence-corrected chi connectivity index (χ1v) is 6.71. The maximum absolute atomic E-state index is 11.1. The molecule has 0 fully saturated rings. The maximum Gasteiger partial charge on any atom is 0.324 e. The van der Waals surface area contributed by atoms with Gasteiger partial charge in [-0.15, -0.1) is 12.4 Å². The molecule has 4 N–H and O–H groups in total. The smallest absolute Gasteiger partial charge is 0.324 e. The number of aliphatic carboxylic acids is 2. The van der Waals surface area contributed by atoms with Crippen molar-refractivity contribution in [1.29, 1.82) is 0 Å². The van der Waals surface area contributed by atoms with Crippen molar-refractivity contribution in [3.8, 4) is 0 Å². The van der Waals surface area contributed by atoms with Gasteiger partial charge in [0.2, 0.25) is 0 Å². The van der Waals surface area contributed by atoms with Gasteiger partial charge in [0.15, 0.2) is 0 Å².